The van der Waals surface area contributed by atoms with Crippen molar-refractivity contribution >= 4 is 17.5 Å². The lowest BCUT2D eigenvalue weighted by atomic mass is 9.89. The zero-order chi connectivity index (χ0) is 18.7. The highest BCUT2D eigenvalue weighted by Crippen LogP contribution is 2.48. The van der Waals surface area contributed by atoms with Crippen molar-refractivity contribution in [2.24, 2.45) is 5.92 Å². The average molecular weight is 361 g/mol. The van der Waals surface area contributed by atoms with Gasteiger partial charge in [0, 0.05) is 13.1 Å². The number of hydrogen-bond donors (Lipinski definition) is 0. The van der Waals surface area contributed by atoms with E-state index in [-0.39, 0.29) is 29.8 Å². The van der Waals surface area contributed by atoms with Gasteiger partial charge in [-0.2, -0.15) is 0 Å². The van der Waals surface area contributed by atoms with Gasteiger partial charge in [-0.1, -0.05) is 42.0 Å². The fourth-order valence-corrected chi connectivity index (χ4v) is 4.90. The summed E-state index contributed by atoms with van der Waals surface area (Å²) in [7, 11) is 0. The fourth-order valence-electron chi connectivity index (χ4n) is 4.90. The minimum atomic E-state index is -0.383. The van der Waals surface area contributed by atoms with E-state index in [1.54, 1.807) is 0 Å². The second-order valence-electron chi connectivity index (χ2n) is 7.86. The molecule has 2 aromatic carbocycles. The van der Waals surface area contributed by atoms with E-state index in [2.05, 4.69) is 41.2 Å². The van der Waals surface area contributed by atoms with Gasteiger partial charge < -0.3 is 0 Å². The number of imide groups is 1. The Bertz CT molecular complexity index is 923. The first-order valence-corrected chi connectivity index (χ1v) is 9.60. The predicted octanol–water partition coefficient (Wildman–Crippen LogP) is 2.84. The van der Waals surface area contributed by atoms with Crippen molar-refractivity contribution in [2.45, 2.75) is 32.4 Å². The third kappa shape index (κ3) is 2.38. The first kappa shape index (κ1) is 16.7. The number of carbonyl (C=O) groups excluding carboxylic acids is 2. The topological polar surface area (TPSA) is 43.9 Å². The Hall–Kier alpha value is -2.50. The maximum Gasteiger partial charge on any atom is 0.253 e. The molecule has 3 aliphatic heterocycles. The lowest BCUT2D eigenvalue weighted by molar-refractivity contribution is -0.126. The number of rotatable bonds is 2. The van der Waals surface area contributed by atoms with Crippen molar-refractivity contribution in [1.82, 2.24) is 10.0 Å². The largest absolute Gasteiger partial charge is 0.274 e. The molecule has 3 atom stereocenters. The number of hydrazine groups is 1. The number of amides is 2. The van der Waals surface area contributed by atoms with Gasteiger partial charge in [0.25, 0.3) is 5.91 Å². The maximum atomic E-state index is 13.4. The van der Waals surface area contributed by atoms with Crippen molar-refractivity contribution in [3.8, 4) is 0 Å². The summed E-state index contributed by atoms with van der Waals surface area (Å²) in [4.78, 5) is 28.2. The molecule has 0 saturated carbocycles. The van der Waals surface area contributed by atoms with Crippen LogP contribution in [0.4, 0.5) is 5.69 Å². The first-order chi connectivity index (χ1) is 13.1. The van der Waals surface area contributed by atoms with Crippen molar-refractivity contribution in [2.75, 3.05) is 18.0 Å². The van der Waals surface area contributed by atoms with E-state index < -0.39 is 0 Å². The SMILES string of the molecule is Cc1ccc([C@@H]2[C@H]3C(=O)N(c4cccc(C)c4)C(=O)[C@H]3N3CCCN23)cc1. The standard InChI is InChI=1S/C22H23N3O2/c1-14-7-9-16(10-8-14)19-18-20(24-12-4-11-23(19)24)22(27)25(21(18)26)17-6-3-5-15(2)13-17/h3,5-10,13,18-20H,4,11-12H2,1-2H3/t18-,19-,20+/m1/s1. The molecule has 2 aromatic rings. The van der Waals surface area contributed by atoms with Crippen LogP contribution in [0.1, 0.15) is 29.2 Å². The molecule has 2 amide bonds. The molecule has 3 aliphatic rings. The van der Waals surface area contributed by atoms with Crippen LogP contribution in [0.2, 0.25) is 0 Å². The number of aryl methyl sites for hydroxylation is 2. The van der Waals surface area contributed by atoms with Gasteiger partial charge in [0.15, 0.2) is 0 Å². The molecule has 0 unspecified atom stereocenters. The van der Waals surface area contributed by atoms with Crippen LogP contribution in [0.3, 0.4) is 0 Å². The Morgan fingerprint density at radius 3 is 2.22 bits per heavy atom. The molecule has 0 aliphatic carbocycles. The Labute approximate surface area is 159 Å². The van der Waals surface area contributed by atoms with Crippen LogP contribution in [0.25, 0.3) is 0 Å². The summed E-state index contributed by atoms with van der Waals surface area (Å²) in [6.45, 7) is 5.78. The van der Waals surface area contributed by atoms with Crippen LogP contribution in [-0.4, -0.2) is 41.0 Å². The molecule has 3 fully saturated rings. The summed E-state index contributed by atoms with van der Waals surface area (Å²) in [5.41, 5.74) is 4.05. The Morgan fingerprint density at radius 1 is 0.815 bits per heavy atom. The van der Waals surface area contributed by atoms with Gasteiger partial charge in [-0.3, -0.25) is 9.59 Å². The van der Waals surface area contributed by atoms with E-state index in [0.29, 0.717) is 5.69 Å². The van der Waals surface area contributed by atoms with E-state index in [9.17, 15) is 9.59 Å². The van der Waals surface area contributed by atoms with E-state index in [1.165, 1.54) is 10.5 Å². The number of fused-ring (bicyclic) bond motifs is 3. The smallest absolute Gasteiger partial charge is 0.253 e. The van der Waals surface area contributed by atoms with Gasteiger partial charge in [-0.05, 0) is 43.5 Å². The molecule has 3 heterocycles. The molecule has 27 heavy (non-hydrogen) atoms. The molecular formula is C22H23N3O2. The van der Waals surface area contributed by atoms with Crippen molar-refractivity contribution in [3.05, 3.63) is 65.2 Å². The van der Waals surface area contributed by atoms with Gasteiger partial charge in [0.05, 0.1) is 17.6 Å². The lowest BCUT2D eigenvalue weighted by Crippen LogP contribution is -2.44. The normalized spacial score (nSPS) is 28.1. The van der Waals surface area contributed by atoms with Gasteiger partial charge >= 0.3 is 0 Å². The molecule has 0 aromatic heterocycles. The number of anilines is 1. The number of hydrogen-bond acceptors (Lipinski definition) is 4. The van der Waals surface area contributed by atoms with Crippen molar-refractivity contribution in [1.29, 1.82) is 0 Å². The van der Waals surface area contributed by atoms with E-state index >= 15 is 0 Å². The summed E-state index contributed by atoms with van der Waals surface area (Å²) in [6.07, 6.45) is 1.03. The quantitative estimate of drug-likeness (QED) is 0.772. The lowest BCUT2D eigenvalue weighted by Gasteiger charge is -2.29. The fraction of sp³-hybridized carbons (Fsp3) is 0.364. The predicted molar refractivity (Wildman–Crippen MR) is 103 cm³/mol. The van der Waals surface area contributed by atoms with Crippen molar-refractivity contribution < 1.29 is 9.59 Å². The third-order valence-corrected chi connectivity index (χ3v) is 6.08. The first-order valence-electron chi connectivity index (χ1n) is 9.60. The molecule has 0 bridgehead atoms. The Morgan fingerprint density at radius 2 is 1.52 bits per heavy atom. The molecular weight excluding hydrogens is 338 g/mol. The third-order valence-electron chi connectivity index (χ3n) is 6.08. The van der Waals surface area contributed by atoms with Crippen LogP contribution < -0.4 is 4.90 Å². The summed E-state index contributed by atoms with van der Waals surface area (Å²) in [5, 5.41) is 4.40. The van der Waals surface area contributed by atoms with E-state index in [4.69, 9.17) is 0 Å². The number of carbonyl (C=O) groups is 2. The molecule has 0 N–H and O–H groups in total. The number of nitrogens with zero attached hydrogens (tertiary/aromatic N) is 3. The molecule has 138 valence electrons. The van der Waals surface area contributed by atoms with E-state index in [0.717, 1.165) is 30.6 Å². The van der Waals surface area contributed by atoms with Gasteiger partial charge in [0.1, 0.15) is 6.04 Å². The highest BCUT2D eigenvalue weighted by Gasteiger charge is 2.62. The molecule has 5 nitrogen and oxygen atoms in total. The molecule has 3 saturated heterocycles. The monoisotopic (exact) mass is 361 g/mol. The molecule has 5 rings (SSSR count). The van der Waals surface area contributed by atoms with E-state index in [1.807, 2.05) is 31.2 Å². The average Bonchev–Trinajstić information content (AvgIpc) is 3.28. The van der Waals surface area contributed by atoms with Crippen LogP contribution >= 0.6 is 0 Å². The summed E-state index contributed by atoms with van der Waals surface area (Å²) < 4.78 is 0. The minimum Gasteiger partial charge on any atom is -0.274 e. The van der Waals surface area contributed by atoms with Crippen LogP contribution in [0, 0.1) is 19.8 Å². The zero-order valence-corrected chi connectivity index (χ0v) is 15.6. The Kier molecular flexibility index (Phi) is 3.71. The molecule has 0 radical (unpaired) electrons. The highest BCUT2D eigenvalue weighted by molar-refractivity contribution is 6.24. The maximum absolute atomic E-state index is 13.4. The van der Waals surface area contributed by atoms with Crippen LogP contribution in [-0.2, 0) is 9.59 Å². The van der Waals surface area contributed by atoms with Crippen LogP contribution in [0.15, 0.2) is 48.5 Å². The van der Waals surface area contributed by atoms with Crippen LogP contribution in [0.5, 0.6) is 0 Å². The second-order valence-corrected chi connectivity index (χ2v) is 7.86. The Balaban J connectivity index is 1.59. The summed E-state index contributed by atoms with van der Waals surface area (Å²) in [6, 6.07) is 15.6. The molecule has 0 spiro atoms. The van der Waals surface area contributed by atoms with Gasteiger partial charge in [-0.25, -0.2) is 14.9 Å². The molecule has 5 heteroatoms. The zero-order valence-electron chi connectivity index (χ0n) is 15.6. The number of benzene rings is 2. The summed E-state index contributed by atoms with van der Waals surface area (Å²) >= 11 is 0. The minimum absolute atomic E-state index is 0.0654. The second kappa shape index (κ2) is 6.01. The summed E-state index contributed by atoms with van der Waals surface area (Å²) in [5.74, 6) is -0.506. The highest BCUT2D eigenvalue weighted by atomic mass is 16.2. The van der Waals surface area contributed by atoms with Gasteiger partial charge in [-0.15, -0.1) is 0 Å². The van der Waals surface area contributed by atoms with Crippen molar-refractivity contribution in [3.63, 3.8) is 0 Å². The van der Waals surface area contributed by atoms with Gasteiger partial charge in [0.2, 0.25) is 5.91 Å².